The highest BCUT2D eigenvalue weighted by Gasteiger charge is 2.31. The van der Waals surface area contributed by atoms with Gasteiger partial charge in [0.2, 0.25) is 0 Å². The van der Waals surface area contributed by atoms with Crippen LogP contribution in [0, 0.1) is 0 Å². The van der Waals surface area contributed by atoms with E-state index in [9.17, 15) is 22.8 Å². The molecule has 2 aromatic carbocycles. The number of carbonyl (C=O) groups excluding carboxylic acids is 2. The third kappa shape index (κ3) is 6.41. The third-order valence-corrected chi connectivity index (χ3v) is 6.11. The van der Waals surface area contributed by atoms with Crippen LogP contribution < -0.4 is 10.2 Å². The number of alkyl halides is 3. The molecule has 9 heteroatoms. The summed E-state index contributed by atoms with van der Waals surface area (Å²) in [6.45, 7) is 2.27. The molecule has 3 aromatic rings. The number of rotatable bonds is 7. The number of hydrogen-bond donors (Lipinski definition) is 1. The summed E-state index contributed by atoms with van der Waals surface area (Å²) < 4.78 is 38.9. The zero-order valence-corrected chi connectivity index (χ0v) is 19.7. The van der Waals surface area contributed by atoms with Gasteiger partial charge in [0.25, 0.3) is 11.8 Å². The molecule has 0 spiro atoms. The Bertz CT molecular complexity index is 1180. The van der Waals surface area contributed by atoms with Gasteiger partial charge in [-0.05, 0) is 48.7 Å². The van der Waals surface area contributed by atoms with Gasteiger partial charge in [0, 0.05) is 44.5 Å². The van der Waals surface area contributed by atoms with Gasteiger partial charge >= 0.3 is 6.18 Å². The molecule has 188 valence electrons. The highest BCUT2D eigenvalue weighted by Crippen LogP contribution is 2.30. The SMILES string of the molecule is O=C(NCCCc1ccccc1)c1ccc(N2CCN(C(=O)c3cccc(C(F)(F)F)c3)CC2)nc1. The number of pyridine rings is 1. The Kier molecular flexibility index (Phi) is 7.87. The minimum absolute atomic E-state index is 0.0236. The maximum atomic E-state index is 13.0. The lowest BCUT2D eigenvalue weighted by Gasteiger charge is -2.35. The van der Waals surface area contributed by atoms with Crippen LogP contribution in [0.15, 0.2) is 72.9 Å². The first-order valence-corrected chi connectivity index (χ1v) is 11.8. The van der Waals surface area contributed by atoms with Crippen LogP contribution in [0.25, 0.3) is 0 Å². The van der Waals surface area contributed by atoms with Crippen LogP contribution in [0.4, 0.5) is 19.0 Å². The van der Waals surface area contributed by atoms with Gasteiger partial charge in [0.15, 0.2) is 0 Å². The van der Waals surface area contributed by atoms with Crippen LogP contribution in [0.1, 0.15) is 38.3 Å². The quantitative estimate of drug-likeness (QED) is 0.492. The summed E-state index contributed by atoms with van der Waals surface area (Å²) in [6, 6.07) is 18.1. The molecule has 1 saturated heterocycles. The molecule has 0 unspecified atom stereocenters. The fourth-order valence-corrected chi connectivity index (χ4v) is 4.10. The fourth-order valence-electron chi connectivity index (χ4n) is 4.10. The zero-order chi connectivity index (χ0) is 25.5. The molecule has 1 aliphatic rings. The first-order chi connectivity index (χ1) is 17.3. The molecule has 2 amide bonds. The van der Waals surface area contributed by atoms with Crippen molar-refractivity contribution in [1.29, 1.82) is 0 Å². The average molecular weight is 497 g/mol. The molecule has 1 aromatic heterocycles. The van der Waals surface area contributed by atoms with Crippen molar-refractivity contribution in [2.24, 2.45) is 0 Å². The fraction of sp³-hybridized carbons (Fsp3) is 0.296. The summed E-state index contributed by atoms with van der Waals surface area (Å²) in [6.07, 6.45) is -1.24. The third-order valence-electron chi connectivity index (χ3n) is 6.11. The Morgan fingerprint density at radius 3 is 2.31 bits per heavy atom. The highest BCUT2D eigenvalue weighted by molar-refractivity contribution is 5.95. The van der Waals surface area contributed by atoms with Gasteiger partial charge in [-0.25, -0.2) is 4.98 Å². The van der Waals surface area contributed by atoms with Crippen molar-refractivity contribution < 1.29 is 22.8 Å². The van der Waals surface area contributed by atoms with Gasteiger partial charge in [-0.2, -0.15) is 13.2 Å². The lowest BCUT2D eigenvalue weighted by Crippen LogP contribution is -2.49. The Hall–Kier alpha value is -3.88. The summed E-state index contributed by atoms with van der Waals surface area (Å²) in [5.41, 5.74) is 0.887. The molecule has 2 heterocycles. The van der Waals surface area contributed by atoms with E-state index in [0.717, 1.165) is 25.0 Å². The van der Waals surface area contributed by atoms with Crippen molar-refractivity contribution in [2.75, 3.05) is 37.6 Å². The number of piperazine rings is 1. The number of hydrogen-bond acceptors (Lipinski definition) is 4. The van der Waals surface area contributed by atoms with Gasteiger partial charge in [0.1, 0.15) is 5.82 Å². The number of benzene rings is 2. The topological polar surface area (TPSA) is 65.5 Å². The molecule has 0 bridgehead atoms. The Morgan fingerprint density at radius 1 is 0.889 bits per heavy atom. The summed E-state index contributed by atoms with van der Waals surface area (Å²) in [5, 5.41) is 2.91. The van der Waals surface area contributed by atoms with E-state index < -0.39 is 17.6 Å². The summed E-state index contributed by atoms with van der Waals surface area (Å²) in [4.78, 5) is 33.0. The average Bonchev–Trinajstić information content (AvgIpc) is 2.91. The maximum absolute atomic E-state index is 13.0. The van der Waals surface area contributed by atoms with Crippen molar-refractivity contribution in [3.63, 3.8) is 0 Å². The largest absolute Gasteiger partial charge is 0.416 e. The Labute approximate surface area is 207 Å². The molecule has 0 saturated carbocycles. The molecular formula is C27H27F3N4O2. The maximum Gasteiger partial charge on any atom is 0.416 e. The van der Waals surface area contributed by atoms with Crippen LogP contribution in [-0.2, 0) is 12.6 Å². The molecule has 1 aliphatic heterocycles. The lowest BCUT2D eigenvalue weighted by atomic mass is 10.1. The minimum Gasteiger partial charge on any atom is -0.353 e. The van der Waals surface area contributed by atoms with E-state index in [-0.39, 0.29) is 11.5 Å². The van der Waals surface area contributed by atoms with Gasteiger partial charge in [-0.15, -0.1) is 0 Å². The smallest absolute Gasteiger partial charge is 0.353 e. The van der Waals surface area contributed by atoms with Crippen molar-refractivity contribution in [2.45, 2.75) is 19.0 Å². The van der Waals surface area contributed by atoms with Crippen molar-refractivity contribution in [3.05, 3.63) is 95.2 Å². The molecular weight excluding hydrogens is 469 g/mol. The summed E-state index contributed by atoms with van der Waals surface area (Å²) >= 11 is 0. The molecule has 0 radical (unpaired) electrons. The molecule has 1 fully saturated rings. The van der Waals surface area contributed by atoms with Crippen LogP contribution in [-0.4, -0.2) is 54.4 Å². The van der Waals surface area contributed by atoms with Gasteiger partial charge in [0.05, 0.1) is 11.1 Å². The number of amides is 2. The number of anilines is 1. The van der Waals surface area contributed by atoms with E-state index in [1.54, 1.807) is 17.0 Å². The molecule has 0 atom stereocenters. The second-order valence-electron chi connectivity index (χ2n) is 8.61. The van der Waals surface area contributed by atoms with Crippen molar-refractivity contribution in [3.8, 4) is 0 Å². The molecule has 6 nitrogen and oxygen atoms in total. The second kappa shape index (κ2) is 11.2. The van der Waals surface area contributed by atoms with E-state index in [4.69, 9.17) is 0 Å². The lowest BCUT2D eigenvalue weighted by molar-refractivity contribution is -0.137. The predicted molar refractivity (Wildman–Crippen MR) is 131 cm³/mol. The molecule has 1 N–H and O–H groups in total. The van der Waals surface area contributed by atoms with Crippen LogP contribution in [0.2, 0.25) is 0 Å². The monoisotopic (exact) mass is 496 g/mol. The van der Waals surface area contributed by atoms with Gasteiger partial charge in [-0.3, -0.25) is 9.59 Å². The van der Waals surface area contributed by atoms with Crippen LogP contribution in [0.3, 0.4) is 0 Å². The van der Waals surface area contributed by atoms with E-state index in [2.05, 4.69) is 22.4 Å². The van der Waals surface area contributed by atoms with E-state index in [1.807, 2.05) is 23.1 Å². The van der Waals surface area contributed by atoms with Crippen molar-refractivity contribution in [1.82, 2.24) is 15.2 Å². The van der Waals surface area contributed by atoms with E-state index >= 15 is 0 Å². The van der Waals surface area contributed by atoms with Crippen LogP contribution in [0.5, 0.6) is 0 Å². The number of carbonyl (C=O) groups is 2. The Balaban J connectivity index is 1.25. The van der Waals surface area contributed by atoms with Crippen molar-refractivity contribution >= 4 is 17.6 Å². The predicted octanol–water partition coefficient (Wildman–Crippen LogP) is 4.43. The van der Waals surface area contributed by atoms with E-state index in [0.29, 0.717) is 44.1 Å². The zero-order valence-electron chi connectivity index (χ0n) is 19.7. The number of nitrogens with one attached hydrogen (secondary N) is 1. The number of nitrogens with zero attached hydrogens (tertiary/aromatic N) is 3. The van der Waals surface area contributed by atoms with Gasteiger partial charge < -0.3 is 15.1 Å². The van der Waals surface area contributed by atoms with Crippen LogP contribution >= 0.6 is 0 Å². The normalized spacial score (nSPS) is 14.0. The summed E-state index contributed by atoms with van der Waals surface area (Å²) in [5.74, 6) is 0.0772. The first-order valence-electron chi connectivity index (χ1n) is 11.8. The summed E-state index contributed by atoms with van der Waals surface area (Å²) in [7, 11) is 0. The number of aromatic nitrogens is 1. The molecule has 0 aliphatic carbocycles. The molecule has 36 heavy (non-hydrogen) atoms. The first kappa shape index (κ1) is 25.2. The minimum atomic E-state index is -4.49. The number of halogens is 3. The van der Waals surface area contributed by atoms with Gasteiger partial charge in [-0.1, -0.05) is 36.4 Å². The van der Waals surface area contributed by atoms with E-state index in [1.165, 1.54) is 23.9 Å². The number of aryl methyl sites for hydroxylation is 1. The molecule has 4 rings (SSSR count). The second-order valence-corrected chi connectivity index (χ2v) is 8.61. The Morgan fingerprint density at radius 2 is 1.64 bits per heavy atom. The standard InChI is InChI=1S/C27H27F3N4O2/c28-27(29,30)23-10-4-9-21(18-23)26(36)34-16-14-33(15-17-34)24-12-11-22(19-32-24)25(35)31-13-5-8-20-6-2-1-3-7-20/h1-4,6-7,9-12,18-19H,5,8,13-17H2,(H,31,35). The highest BCUT2D eigenvalue weighted by atomic mass is 19.4.